The minimum atomic E-state index is -0.343. The number of amides is 1. The standard InChI is InChI=1S/C19H16Cl5N3O3/c1-10-16(23)18(24)27(26-10)6-2-5-25-19(28)15-4-3-12(30-15)9-29-17-13(21)7-11(20)8-14(17)22/h3-4,7-8H,2,5-6,9H2,1H3,(H,25,28). The Bertz CT molecular complexity index is 1040. The molecule has 0 fully saturated rings. The van der Waals surface area contributed by atoms with Gasteiger partial charge in [-0.3, -0.25) is 9.48 Å². The van der Waals surface area contributed by atoms with Crippen LogP contribution in [0.15, 0.2) is 28.7 Å². The van der Waals surface area contributed by atoms with Crippen molar-refractivity contribution in [1.82, 2.24) is 15.1 Å². The third-order valence-electron chi connectivity index (χ3n) is 4.04. The summed E-state index contributed by atoms with van der Waals surface area (Å²) in [5.74, 6) is 0.552. The highest BCUT2D eigenvalue weighted by molar-refractivity contribution is 6.42. The molecule has 11 heteroatoms. The van der Waals surface area contributed by atoms with Gasteiger partial charge in [0.15, 0.2) is 11.5 Å². The maximum atomic E-state index is 12.2. The first-order valence-corrected chi connectivity index (χ1v) is 10.7. The van der Waals surface area contributed by atoms with Crippen molar-refractivity contribution in [3.63, 3.8) is 0 Å². The summed E-state index contributed by atoms with van der Waals surface area (Å²) in [6, 6.07) is 6.25. The normalized spacial score (nSPS) is 11.0. The first-order chi connectivity index (χ1) is 14.3. The van der Waals surface area contributed by atoms with E-state index in [2.05, 4.69) is 10.4 Å². The molecular formula is C19H16Cl5N3O3. The van der Waals surface area contributed by atoms with E-state index in [1.165, 1.54) is 12.1 Å². The molecule has 3 rings (SSSR count). The molecule has 0 atom stereocenters. The lowest BCUT2D eigenvalue weighted by Gasteiger charge is -2.09. The van der Waals surface area contributed by atoms with Crippen LogP contribution in [0.25, 0.3) is 0 Å². The molecule has 0 radical (unpaired) electrons. The van der Waals surface area contributed by atoms with Crippen molar-refractivity contribution in [3.8, 4) is 5.75 Å². The summed E-state index contributed by atoms with van der Waals surface area (Å²) < 4.78 is 12.7. The number of furan rings is 1. The van der Waals surface area contributed by atoms with Crippen molar-refractivity contribution in [2.75, 3.05) is 6.54 Å². The van der Waals surface area contributed by atoms with E-state index in [0.717, 1.165) is 0 Å². The summed E-state index contributed by atoms with van der Waals surface area (Å²) in [6.45, 7) is 2.76. The fraction of sp³-hybridized carbons (Fsp3) is 0.263. The summed E-state index contributed by atoms with van der Waals surface area (Å²) in [4.78, 5) is 12.2. The molecule has 6 nitrogen and oxygen atoms in total. The highest BCUT2D eigenvalue weighted by Gasteiger charge is 2.14. The van der Waals surface area contributed by atoms with Crippen LogP contribution in [0.3, 0.4) is 0 Å². The second kappa shape index (κ2) is 10.2. The fourth-order valence-electron chi connectivity index (χ4n) is 2.59. The van der Waals surface area contributed by atoms with E-state index in [-0.39, 0.29) is 34.1 Å². The van der Waals surface area contributed by atoms with Crippen LogP contribution >= 0.6 is 58.0 Å². The zero-order valence-corrected chi connectivity index (χ0v) is 19.4. The summed E-state index contributed by atoms with van der Waals surface area (Å²) in [5.41, 5.74) is 0.664. The van der Waals surface area contributed by atoms with Gasteiger partial charge in [-0.25, -0.2) is 0 Å². The average molecular weight is 512 g/mol. The first-order valence-electron chi connectivity index (χ1n) is 8.79. The van der Waals surface area contributed by atoms with Crippen molar-refractivity contribution in [2.45, 2.75) is 26.5 Å². The molecular weight excluding hydrogens is 495 g/mol. The lowest BCUT2D eigenvalue weighted by molar-refractivity contribution is 0.0921. The number of benzene rings is 1. The van der Waals surface area contributed by atoms with Crippen LogP contribution in [-0.2, 0) is 13.2 Å². The van der Waals surface area contributed by atoms with Crippen molar-refractivity contribution in [3.05, 3.63) is 66.7 Å². The van der Waals surface area contributed by atoms with Crippen molar-refractivity contribution in [1.29, 1.82) is 0 Å². The molecule has 0 bridgehead atoms. The second-order valence-electron chi connectivity index (χ2n) is 6.28. The van der Waals surface area contributed by atoms with Gasteiger partial charge in [0.2, 0.25) is 0 Å². The highest BCUT2D eigenvalue weighted by Crippen LogP contribution is 2.36. The number of carbonyl (C=O) groups excluding carboxylic acids is 1. The number of nitrogens with one attached hydrogen (secondary N) is 1. The number of hydrogen-bond acceptors (Lipinski definition) is 4. The lowest BCUT2D eigenvalue weighted by Crippen LogP contribution is -2.25. The molecule has 0 spiro atoms. The van der Waals surface area contributed by atoms with Gasteiger partial charge in [0.1, 0.15) is 22.5 Å². The molecule has 0 aliphatic rings. The van der Waals surface area contributed by atoms with E-state index in [9.17, 15) is 4.79 Å². The molecule has 30 heavy (non-hydrogen) atoms. The van der Waals surface area contributed by atoms with E-state index in [4.69, 9.17) is 67.2 Å². The fourth-order valence-corrected chi connectivity index (χ4v) is 3.91. The van der Waals surface area contributed by atoms with E-state index < -0.39 is 0 Å². The monoisotopic (exact) mass is 509 g/mol. The number of aryl methyl sites for hydroxylation is 2. The quantitative estimate of drug-likeness (QED) is 0.353. The van der Waals surface area contributed by atoms with Crippen molar-refractivity contribution < 1.29 is 13.9 Å². The van der Waals surface area contributed by atoms with E-state index in [1.54, 1.807) is 23.7 Å². The summed E-state index contributed by atoms with van der Waals surface area (Å²) in [6.07, 6.45) is 0.618. The van der Waals surface area contributed by atoms with E-state index in [1.807, 2.05) is 0 Å². The molecule has 0 unspecified atom stereocenters. The number of aromatic nitrogens is 2. The van der Waals surface area contributed by atoms with Crippen LogP contribution in [0.1, 0.15) is 28.4 Å². The number of rotatable bonds is 8. The highest BCUT2D eigenvalue weighted by atomic mass is 35.5. The third-order valence-corrected chi connectivity index (χ3v) is 5.75. The maximum absolute atomic E-state index is 12.2. The van der Waals surface area contributed by atoms with Crippen LogP contribution in [0, 0.1) is 6.92 Å². The smallest absolute Gasteiger partial charge is 0.286 e. The summed E-state index contributed by atoms with van der Waals surface area (Å²) in [5, 5.41) is 8.80. The van der Waals surface area contributed by atoms with Crippen LogP contribution < -0.4 is 10.1 Å². The molecule has 0 saturated heterocycles. The Morgan fingerprint density at radius 1 is 1.17 bits per heavy atom. The zero-order valence-electron chi connectivity index (χ0n) is 15.6. The van der Waals surface area contributed by atoms with Gasteiger partial charge in [0, 0.05) is 18.1 Å². The SMILES string of the molecule is Cc1nn(CCCNC(=O)c2ccc(COc3c(Cl)cc(Cl)cc3Cl)o2)c(Cl)c1Cl. The zero-order chi connectivity index (χ0) is 21.8. The minimum absolute atomic E-state index is 0.0479. The van der Waals surface area contributed by atoms with Crippen molar-refractivity contribution >= 4 is 63.9 Å². The van der Waals surface area contributed by atoms with Gasteiger partial charge < -0.3 is 14.5 Å². The largest absolute Gasteiger partial charge is 0.483 e. The van der Waals surface area contributed by atoms with Crippen LogP contribution in [0.4, 0.5) is 0 Å². The molecule has 0 aliphatic carbocycles. The van der Waals surface area contributed by atoms with Crippen LogP contribution in [-0.4, -0.2) is 22.2 Å². The Kier molecular flexibility index (Phi) is 7.82. The minimum Gasteiger partial charge on any atom is -0.483 e. The summed E-state index contributed by atoms with van der Waals surface area (Å²) >= 11 is 30.1. The van der Waals surface area contributed by atoms with E-state index in [0.29, 0.717) is 46.2 Å². The average Bonchev–Trinajstić information content (AvgIpc) is 3.25. The molecule has 0 saturated carbocycles. The van der Waals surface area contributed by atoms with Crippen LogP contribution in [0.5, 0.6) is 5.75 Å². The first kappa shape index (κ1) is 23.1. The number of halogens is 5. The molecule has 2 heterocycles. The van der Waals surface area contributed by atoms with Gasteiger partial charge in [-0.15, -0.1) is 0 Å². The molecule has 160 valence electrons. The van der Waals surface area contributed by atoms with Gasteiger partial charge in [0.05, 0.1) is 15.7 Å². The Morgan fingerprint density at radius 3 is 2.50 bits per heavy atom. The molecule has 1 amide bonds. The second-order valence-corrected chi connectivity index (χ2v) is 8.26. The molecule has 1 aromatic carbocycles. The van der Waals surface area contributed by atoms with Gasteiger partial charge >= 0.3 is 0 Å². The molecule has 2 aromatic heterocycles. The van der Waals surface area contributed by atoms with Crippen molar-refractivity contribution in [2.24, 2.45) is 0 Å². The predicted molar refractivity (Wildman–Crippen MR) is 118 cm³/mol. The van der Waals surface area contributed by atoms with Gasteiger partial charge in [-0.05, 0) is 37.6 Å². The van der Waals surface area contributed by atoms with Gasteiger partial charge in [0.25, 0.3) is 5.91 Å². The van der Waals surface area contributed by atoms with Gasteiger partial charge in [-0.2, -0.15) is 5.10 Å². The summed E-state index contributed by atoms with van der Waals surface area (Å²) in [7, 11) is 0. The Morgan fingerprint density at radius 2 is 1.87 bits per heavy atom. The number of carbonyl (C=O) groups is 1. The van der Waals surface area contributed by atoms with Crippen LogP contribution in [0.2, 0.25) is 25.2 Å². The predicted octanol–water partition coefficient (Wildman–Crippen LogP) is 6.45. The van der Waals surface area contributed by atoms with E-state index >= 15 is 0 Å². The Labute approximate surface area is 197 Å². The number of hydrogen-bond donors (Lipinski definition) is 1. The molecule has 1 N–H and O–H groups in total. The number of ether oxygens (including phenoxy) is 1. The topological polar surface area (TPSA) is 69.3 Å². The third kappa shape index (κ3) is 5.56. The molecule has 3 aromatic rings. The van der Waals surface area contributed by atoms with Gasteiger partial charge in [-0.1, -0.05) is 58.0 Å². The molecule has 0 aliphatic heterocycles. The number of nitrogens with zero attached hydrogens (tertiary/aromatic N) is 2. The Balaban J connectivity index is 1.48. The maximum Gasteiger partial charge on any atom is 0.286 e. The Hall–Kier alpha value is -1.57. The lowest BCUT2D eigenvalue weighted by atomic mass is 10.3.